The lowest BCUT2D eigenvalue weighted by atomic mass is 10.1. The summed E-state index contributed by atoms with van der Waals surface area (Å²) in [5.41, 5.74) is 8.76. The number of rotatable bonds is 11. The molecular weight excluding hydrogens is 622 g/mol. The molecule has 242 valence electrons. The lowest BCUT2D eigenvalue weighted by Crippen LogP contribution is -2.09. The van der Waals surface area contributed by atoms with E-state index in [0.717, 1.165) is 39.3 Å². The Bertz CT molecular complexity index is 2060. The standard InChI is InChI=1S/C43H31N3O4/c1-30-4-22-37(23-5-30)46(38-24-18-33(19-25-38)8-6-31-10-14-35(15-11-31)28-40(44-2)42(47)48)39-26-20-34(21-27-39)9-7-32-12-16-36(17-13-32)29-41(45-3)43(49)50/h4-29H,1H3,(H,47,48)(H,49,50)/b8-6+,9-7+,40-28-,41-29-. The van der Waals surface area contributed by atoms with E-state index in [0.29, 0.717) is 11.1 Å². The van der Waals surface area contributed by atoms with Crippen LogP contribution in [0.15, 0.2) is 133 Å². The molecular formula is C43H31N3O4. The topological polar surface area (TPSA) is 86.6 Å². The van der Waals surface area contributed by atoms with Crippen molar-refractivity contribution in [3.63, 3.8) is 0 Å². The molecule has 0 spiro atoms. The molecule has 5 aromatic carbocycles. The van der Waals surface area contributed by atoms with Gasteiger partial charge in [-0.1, -0.05) is 115 Å². The van der Waals surface area contributed by atoms with Crippen molar-refractivity contribution in [2.24, 2.45) is 0 Å². The minimum absolute atomic E-state index is 0.326. The van der Waals surface area contributed by atoms with Crippen LogP contribution in [0.4, 0.5) is 17.1 Å². The van der Waals surface area contributed by atoms with Gasteiger partial charge in [0.2, 0.25) is 0 Å². The van der Waals surface area contributed by atoms with Gasteiger partial charge >= 0.3 is 11.9 Å². The number of aliphatic carboxylic acids is 2. The van der Waals surface area contributed by atoms with Crippen molar-refractivity contribution in [2.45, 2.75) is 6.92 Å². The van der Waals surface area contributed by atoms with E-state index in [4.69, 9.17) is 23.4 Å². The summed E-state index contributed by atoms with van der Waals surface area (Å²) in [6.45, 7) is 16.1. The normalized spacial score (nSPS) is 11.7. The number of hydrogen-bond acceptors (Lipinski definition) is 3. The predicted molar refractivity (Wildman–Crippen MR) is 201 cm³/mol. The van der Waals surface area contributed by atoms with Crippen LogP contribution in [0.5, 0.6) is 0 Å². The van der Waals surface area contributed by atoms with Crippen LogP contribution < -0.4 is 4.90 Å². The van der Waals surface area contributed by atoms with Crippen molar-refractivity contribution in [2.75, 3.05) is 4.90 Å². The molecule has 5 rings (SSSR count). The van der Waals surface area contributed by atoms with E-state index in [1.165, 1.54) is 17.7 Å². The van der Waals surface area contributed by atoms with Gasteiger partial charge in [0.05, 0.1) is 13.1 Å². The first kappa shape index (κ1) is 34.1. The third-order valence-corrected chi connectivity index (χ3v) is 7.69. The zero-order chi connectivity index (χ0) is 35.5. The second kappa shape index (κ2) is 16.1. The minimum atomic E-state index is -1.24. The Balaban J connectivity index is 1.32. The summed E-state index contributed by atoms with van der Waals surface area (Å²) in [5, 5.41) is 18.2. The number of carboxylic acid groups (broad SMARTS) is 2. The van der Waals surface area contributed by atoms with E-state index in [2.05, 4.69) is 94.3 Å². The Labute approximate surface area is 291 Å². The molecule has 0 bridgehead atoms. The molecule has 7 heteroatoms. The van der Waals surface area contributed by atoms with Gasteiger partial charge < -0.3 is 15.1 Å². The van der Waals surface area contributed by atoms with Gasteiger partial charge in [0.15, 0.2) is 0 Å². The number of aryl methyl sites for hydroxylation is 1. The predicted octanol–water partition coefficient (Wildman–Crippen LogP) is 10.5. The Hall–Kier alpha value is -7.22. The Kier molecular flexibility index (Phi) is 11.0. The van der Waals surface area contributed by atoms with Crippen molar-refractivity contribution in [1.29, 1.82) is 0 Å². The SMILES string of the molecule is [C-]#[N+]/C(=C\c1ccc(/C=C/c2ccc(N(c3ccc(C)cc3)c3ccc(/C=C/c4ccc(/C=C(\[N+]#[C-])C(=O)O)cc4)cc3)cc2)cc1)C(=O)O. The van der Waals surface area contributed by atoms with E-state index in [-0.39, 0.29) is 11.4 Å². The number of carbonyl (C=O) groups is 2. The fourth-order valence-corrected chi connectivity index (χ4v) is 5.00. The van der Waals surface area contributed by atoms with E-state index in [1.807, 2.05) is 48.6 Å². The first-order chi connectivity index (χ1) is 24.2. The molecule has 0 aliphatic carbocycles. The Morgan fingerprint density at radius 3 is 1.02 bits per heavy atom. The van der Waals surface area contributed by atoms with Crippen molar-refractivity contribution in [1.82, 2.24) is 0 Å². The first-order valence-corrected chi connectivity index (χ1v) is 15.5. The maximum atomic E-state index is 11.1. The molecule has 0 saturated carbocycles. The zero-order valence-corrected chi connectivity index (χ0v) is 27.1. The van der Waals surface area contributed by atoms with Gasteiger partial charge in [-0.3, -0.25) is 9.59 Å². The molecule has 2 N–H and O–H groups in total. The lowest BCUT2D eigenvalue weighted by molar-refractivity contribution is -0.133. The fraction of sp³-hybridized carbons (Fsp3) is 0.0233. The Morgan fingerprint density at radius 2 is 0.740 bits per heavy atom. The highest BCUT2D eigenvalue weighted by Gasteiger charge is 2.12. The molecule has 0 atom stereocenters. The van der Waals surface area contributed by atoms with Crippen LogP contribution in [0, 0.1) is 20.1 Å². The van der Waals surface area contributed by atoms with Crippen LogP contribution >= 0.6 is 0 Å². The second-order valence-corrected chi connectivity index (χ2v) is 11.2. The minimum Gasteiger partial charge on any atom is -0.486 e. The van der Waals surface area contributed by atoms with Crippen LogP contribution in [-0.2, 0) is 9.59 Å². The highest BCUT2D eigenvalue weighted by molar-refractivity contribution is 5.94. The molecule has 0 aliphatic heterocycles. The third-order valence-electron chi connectivity index (χ3n) is 7.69. The zero-order valence-electron chi connectivity index (χ0n) is 27.1. The maximum Gasteiger partial charge on any atom is 0.333 e. The number of carboxylic acids is 2. The number of anilines is 3. The van der Waals surface area contributed by atoms with Crippen LogP contribution in [0.1, 0.15) is 38.9 Å². The smallest absolute Gasteiger partial charge is 0.333 e. The molecule has 7 nitrogen and oxygen atoms in total. The van der Waals surface area contributed by atoms with Crippen molar-refractivity contribution in [3.05, 3.63) is 194 Å². The maximum absolute atomic E-state index is 11.1. The van der Waals surface area contributed by atoms with E-state index < -0.39 is 11.9 Å². The van der Waals surface area contributed by atoms with Gasteiger partial charge in [-0.05, 0) is 88.9 Å². The average Bonchev–Trinajstić information content (AvgIpc) is 3.13. The van der Waals surface area contributed by atoms with Crippen molar-refractivity contribution >= 4 is 65.5 Å². The molecule has 0 amide bonds. The third kappa shape index (κ3) is 8.98. The molecule has 0 fully saturated rings. The monoisotopic (exact) mass is 653 g/mol. The van der Waals surface area contributed by atoms with E-state index in [1.54, 1.807) is 24.3 Å². The van der Waals surface area contributed by atoms with Crippen molar-refractivity contribution in [3.8, 4) is 0 Å². The second-order valence-electron chi connectivity index (χ2n) is 11.2. The molecule has 0 radical (unpaired) electrons. The summed E-state index contributed by atoms with van der Waals surface area (Å²) in [5.74, 6) is -2.49. The largest absolute Gasteiger partial charge is 0.486 e. The van der Waals surface area contributed by atoms with Gasteiger partial charge in [-0.2, -0.15) is 0 Å². The molecule has 50 heavy (non-hydrogen) atoms. The summed E-state index contributed by atoms with van der Waals surface area (Å²) in [6.07, 6.45) is 10.7. The molecule has 0 aromatic heterocycles. The summed E-state index contributed by atoms with van der Waals surface area (Å²) < 4.78 is 0. The first-order valence-electron chi connectivity index (χ1n) is 15.5. The van der Waals surface area contributed by atoms with Gasteiger partial charge in [-0.15, -0.1) is 0 Å². The highest BCUT2D eigenvalue weighted by Crippen LogP contribution is 2.35. The molecule has 0 aliphatic rings. The van der Waals surface area contributed by atoms with Gasteiger partial charge in [0.25, 0.3) is 11.4 Å². The number of benzene rings is 5. The summed E-state index contributed by atoms with van der Waals surface area (Å²) in [6, 6.07) is 39.6. The number of hydrogen-bond donors (Lipinski definition) is 2. The van der Waals surface area contributed by atoms with Crippen LogP contribution in [0.25, 0.3) is 46.1 Å². The quantitative estimate of drug-likeness (QED) is 0.0842. The van der Waals surface area contributed by atoms with Gasteiger partial charge in [0, 0.05) is 17.1 Å². The molecule has 0 unspecified atom stereocenters. The lowest BCUT2D eigenvalue weighted by Gasteiger charge is -2.26. The molecule has 5 aromatic rings. The van der Waals surface area contributed by atoms with Crippen LogP contribution in [0.3, 0.4) is 0 Å². The Morgan fingerprint density at radius 1 is 0.480 bits per heavy atom. The summed E-state index contributed by atoms with van der Waals surface area (Å²) in [4.78, 5) is 30.5. The van der Waals surface area contributed by atoms with E-state index in [9.17, 15) is 9.59 Å². The average molecular weight is 654 g/mol. The van der Waals surface area contributed by atoms with Gasteiger partial charge in [0.1, 0.15) is 0 Å². The fourth-order valence-electron chi connectivity index (χ4n) is 5.00. The molecule has 0 saturated heterocycles. The molecule has 0 heterocycles. The summed E-state index contributed by atoms with van der Waals surface area (Å²) >= 11 is 0. The highest BCUT2D eigenvalue weighted by atomic mass is 16.4. The van der Waals surface area contributed by atoms with Crippen molar-refractivity contribution < 1.29 is 19.8 Å². The van der Waals surface area contributed by atoms with Crippen LogP contribution in [0.2, 0.25) is 0 Å². The summed E-state index contributed by atoms with van der Waals surface area (Å²) in [7, 11) is 0. The number of nitrogens with zero attached hydrogens (tertiary/aromatic N) is 3. The van der Waals surface area contributed by atoms with Crippen LogP contribution in [-0.4, -0.2) is 22.2 Å². The van der Waals surface area contributed by atoms with E-state index >= 15 is 0 Å². The van der Waals surface area contributed by atoms with Gasteiger partial charge in [-0.25, -0.2) is 9.69 Å².